The second kappa shape index (κ2) is 8.02. The van der Waals surface area contributed by atoms with Gasteiger partial charge in [-0.15, -0.1) is 11.3 Å². The summed E-state index contributed by atoms with van der Waals surface area (Å²) >= 11 is 1.75. The van der Waals surface area contributed by atoms with E-state index in [9.17, 15) is 0 Å². The fraction of sp³-hybridized carbons (Fsp3) is 0.467. The first-order valence-corrected chi connectivity index (χ1v) is 7.77. The second-order valence-electron chi connectivity index (χ2n) is 4.68. The Morgan fingerprint density at radius 3 is 2.79 bits per heavy atom. The van der Waals surface area contributed by atoms with Crippen molar-refractivity contribution in [1.29, 1.82) is 0 Å². The lowest BCUT2D eigenvalue weighted by Gasteiger charge is -2.17. The fourth-order valence-electron chi connectivity index (χ4n) is 2.08. The molecule has 0 aromatic carbocycles. The topological polar surface area (TPSA) is 37.8 Å². The molecule has 0 saturated heterocycles. The zero-order valence-electron chi connectivity index (χ0n) is 11.4. The van der Waals surface area contributed by atoms with Gasteiger partial charge >= 0.3 is 0 Å². The van der Waals surface area contributed by atoms with Gasteiger partial charge < -0.3 is 5.32 Å². The van der Waals surface area contributed by atoms with Gasteiger partial charge in [-0.3, -0.25) is 4.98 Å². The molecule has 0 bridgehead atoms. The molecular weight excluding hydrogens is 254 g/mol. The fourth-order valence-corrected chi connectivity index (χ4v) is 2.78. The van der Waals surface area contributed by atoms with Gasteiger partial charge in [0, 0.05) is 36.4 Å². The van der Waals surface area contributed by atoms with Gasteiger partial charge in [-0.2, -0.15) is 0 Å². The molecule has 3 nitrogen and oxygen atoms in total. The lowest BCUT2D eigenvalue weighted by molar-refractivity contribution is 0.477. The van der Waals surface area contributed by atoms with Gasteiger partial charge in [0.25, 0.3) is 0 Å². The first-order chi connectivity index (χ1) is 9.38. The van der Waals surface area contributed by atoms with Crippen LogP contribution >= 0.6 is 11.3 Å². The van der Waals surface area contributed by atoms with Gasteiger partial charge in [-0.25, -0.2) is 4.98 Å². The lowest BCUT2D eigenvalue weighted by atomic mass is 10.0. The minimum Gasteiger partial charge on any atom is -0.314 e. The summed E-state index contributed by atoms with van der Waals surface area (Å²) in [5.41, 5.74) is 1.36. The van der Waals surface area contributed by atoms with Crippen LogP contribution in [0.1, 0.15) is 30.3 Å². The molecule has 0 fully saturated rings. The largest absolute Gasteiger partial charge is 0.314 e. The number of nitrogens with zero attached hydrogens (tertiary/aromatic N) is 2. The molecule has 0 amide bonds. The average molecular weight is 275 g/mol. The number of rotatable bonds is 8. The Bertz CT molecular complexity index is 442. The van der Waals surface area contributed by atoms with Crippen molar-refractivity contribution >= 4 is 11.3 Å². The van der Waals surface area contributed by atoms with Gasteiger partial charge in [-0.05, 0) is 43.5 Å². The summed E-state index contributed by atoms with van der Waals surface area (Å²) < 4.78 is 0. The van der Waals surface area contributed by atoms with E-state index in [1.165, 1.54) is 17.0 Å². The van der Waals surface area contributed by atoms with Crippen LogP contribution in [0.5, 0.6) is 0 Å². The van der Waals surface area contributed by atoms with E-state index >= 15 is 0 Å². The summed E-state index contributed by atoms with van der Waals surface area (Å²) in [6.07, 6.45) is 10.1. The molecule has 4 heteroatoms. The van der Waals surface area contributed by atoms with Crippen molar-refractivity contribution in [3.8, 4) is 0 Å². The van der Waals surface area contributed by atoms with Crippen LogP contribution in [0.3, 0.4) is 0 Å². The van der Waals surface area contributed by atoms with Crippen molar-refractivity contribution in [3.05, 3.63) is 46.7 Å². The number of pyridine rings is 1. The predicted molar refractivity (Wildman–Crippen MR) is 80.5 cm³/mol. The van der Waals surface area contributed by atoms with Crippen LogP contribution in [0.4, 0.5) is 0 Å². The number of nitrogens with one attached hydrogen (secondary N) is 1. The Morgan fingerprint density at radius 2 is 2.11 bits per heavy atom. The molecule has 2 rings (SSSR count). The van der Waals surface area contributed by atoms with Crippen LogP contribution in [0.15, 0.2) is 36.1 Å². The number of aryl methyl sites for hydroxylation is 1. The second-order valence-corrected chi connectivity index (χ2v) is 5.65. The predicted octanol–water partition coefficient (Wildman–Crippen LogP) is 3.08. The highest BCUT2D eigenvalue weighted by atomic mass is 32.1. The number of hydrogen-bond donors (Lipinski definition) is 1. The third-order valence-corrected chi connectivity index (χ3v) is 3.92. The Kier molecular flexibility index (Phi) is 5.98. The zero-order valence-corrected chi connectivity index (χ0v) is 12.2. The molecule has 0 aliphatic rings. The molecular formula is C15H21N3S. The molecule has 19 heavy (non-hydrogen) atoms. The van der Waals surface area contributed by atoms with Crippen molar-refractivity contribution < 1.29 is 0 Å². The van der Waals surface area contributed by atoms with Crippen molar-refractivity contribution in [3.63, 3.8) is 0 Å². The Balaban J connectivity index is 1.86. The number of thiazole rings is 1. The summed E-state index contributed by atoms with van der Waals surface area (Å²) in [6, 6.07) is 4.71. The van der Waals surface area contributed by atoms with Gasteiger partial charge in [0.1, 0.15) is 0 Å². The van der Waals surface area contributed by atoms with Gasteiger partial charge in [0.15, 0.2) is 0 Å². The van der Waals surface area contributed by atoms with Crippen LogP contribution < -0.4 is 5.32 Å². The lowest BCUT2D eigenvalue weighted by Crippen LogP contribution is -2.32. The third kappa shape index (κ3) is 5.09. The van der Waals surface area contributed by atoms with Crippen LogP contribution in [0.2, 0.25) is 0 Å². The van der Waals surface area contributed by atoms with Crippen LogP contribution in [0, 0.1) is 0 Å². The van der Waals surface area contributed by atoms with E-state index in [0.717, 1.165) is 25.8 Å². The SMILES string of the molecule is CCCNC(CCc1ccncc1)Cc1nccs1. The summed E-state index contributed by atoms with van der Waals surface area (Å²) in [5.74, 6) is 0. The van der Waals surface area contributed by atoms with Gasteiger partial charge in [0.05, 0.1) is 5.01 Å². The Hall–Kier alpha value is -1.26. The maximum absolute atomic E-state index is 4.39. The van der Waals surface area contributed by atoms with E-state index in [2.05, 4.69) is 39.7 Å². The van der Waals surface area contributed by atoms with Crippen molar-refractivity contribution in [2.75, 3.05) is 6.54 Å². The first kappa shape index (κ1) is 14.2. The van der Waals surface area contributed by atoms with Crippen LogP contribution in [0.25, 0.3) is 0 Å². The smallest absolute Gasteiger partial charge is 0.0940 e. The summed E-state index contributed by atoms with van der Waals surface area (Å²) in [6.45, 7) is 3.28. The molecule has 2 aromatic heterocycles. The average Bonchev–Trinajstić information content (AvgIpc) is 2.96. The van der Waals surface area contributed by atoms with E-state index < -0.39 is 0 Å². The number of hydrogen-bond acceptors (Lipinski definition) is 4. The summed E-state index contributed by atoms with van der Waals surface area (Å²) in [7, 11) is 0. The zero-order chi connectivity index (χ0) is 13.3. The normalized spacial score (nSPS) is 12.5. The summed E-state index contributed by atoms with van der Waals surface area (Å²) in [4.78, 5) is 8.45. The van der Waals surface area contributed by atoms with E-state index in [4.69, 9.17) is 0 Å². The van der Waals surface area contributed by atoms with Gasteiger partial charge in [-0.1, -0.05) is 6.92 Å². The van der Waals surface area contributed by atoms with Gasteiger partial charge in [0.2, 0.25) is 0 Å². The van der Waals surface area contributed by atoms with E-state index in [-0.39, 0.29) is 0 Å². The maximum atomic E-state index is 4.39. The molecule has 1 N–H and O–H groups in total. The van der Waals surface area contributed by atoms with Crippen molar-refractivity contribution in [2.24, 2.45) is 0 Å². The number of aromatic nitrogens is 2. The maximum Gasteiger partial charge on any atom is 0.0940 e. The van der Waals surface area contributed by atoms with Crippen molar-refractivity contribution in [2.45, 2.75) is 38.6 Å². The quantitative estimate of drug-likeness (QED) is 0.804. The molecule has 0 aliphatic carbocycles. The van der Waals surface area contributed by atoms with Crippen molar-refractivity contribution in [1.82, 2.24) is 15.3 Å². The van der Waals surface area contributed by atoms with E-state index in [0.29, 0.717) is 6.04 Å². The molecule has 1 atom stereocenters. The monoisotopic (exact) mass is 275 g/mol. The van der Waals surface area contributed by atoms with Crippen LogP contribution in [-0.4, -0.2) is 22.6 Å². The molecule has 102 valence electrons. The highest BCUT2D eigenvalue weighted by Gasteiger charge is 2.10. The highest BCUT2D eigenvalue weighted by molar-refractivity contribution is 7.09. The molecule has 1 unspecified atom stereocenters. The minimum absolute atomic E-state index is 0.513. The standard InChI is InChI=1S/C15H21N3S/c1-2-7-17-14(12-15-18-10-11-19-15)4-3-13-5-8-16-9-6-13/h5-6,8-11,14,17H,2-4,7,12H2,1H3. The molecule has 0 saturated carbocycles. The first-order valence-electron chi connectivity index (χ1n) is 6.89. The summed E-state index contributed by atoms with van der Waals surface area (Å²) in [5, 5.41) is 6.90. The molecule has 0 spiro atoms. The minimum atomic E-state index is 0.513. The molecule has 0 radical (unpaired) electrons. The van der Waals surface area contributed by atoms with E-state index in [1.54, 1.807) is 11.3 Å². The van der Waals surface area contributed by atoms with Crippen LogP contribution in [-0.2, 0) is 12.8 Å². The van der Waals surface area contributed by atoms with E-state index in [1.807, 2.05) is 18.6 Å². The third-order valence-electron chi connectivity index (χ3n) is 3.12. The molecule has 2 aromatic rings. The Morgan fingerprint density at radius 1 is 1.26 bits per heavy atom. The Labute approximate surface area is 119 Å². The highest BCUT2D eigenvalue weighted by Crippen LogP contribution is 2.12. The molecule has 0 aliphatic heterocycles. The molecule has 2 heterocycles.